The summed E-state index contributed by atoms with van der Waals surface area (Å²) in [4.78, 5) is 19.2. The fourth-order valence-electron chi connectivity index (χ4n) is 2.61. The number of aromatic amines is 1. The summed E-state index contributed by atoms with van der Waals surface area (Å²) < 4.78 is 0. The number of amides is 1. The van der Waals surface area contributed by atoms with Crippen molar-refractivity contribution in [2.75, 3.05) is 27.2 Å². The molecule has 4 heteroatoms. The summed E-state index contributed by atoms with van der Waals surface area (Å²) in [6, 6.07) is 4.39. The van der Waals surface area contributed by atoms with Gasteiger partial charge in [0.15, 0.2) is 0 Å². The highest BCUT2D eigenvalue weighted by Crippen LogP contribution is 2.22. The molecule has 1 saturated carbocycles. The highest BCUT2D eigenvalue weighted by atomic mass is 16.2. The Morgan fingerprint density at radius 3 is 2.67 bits per heavy atom. The van der Waals surface area contributed by atoms with E-state index in [1.807, 2.05) is 19.2 Å². The predicted molar refractivity (Wildman–Crippen MR) is 72.6 cm³/mol. The van der Waals surface area contributed by atoms with E-state index in [9.17, 15) is 4.79 Å². The number of hydrogen-bond acceptors (Lipinski definition) is 2. The molecule has 0 aliphatic heterocycles. The van der Waals surface area contributed by atoms with Crippen LogP contribution in [0, 0.1) is 0 Å². The van der Waals surface area contributed by atoms with Crippen LogP contribution < -0.4 is 0 Å². The summed E-state index contributed by atoms with van der Waals surface area (Å²) >= 11 is 0. The summed E-state index contributed by atoms with van der Waals surface area (Å²) in [6.45, 7) is 1.73. The Labute approximate surface area is 109 Å². The highest BCUT2D eigenvalue weighted by molar-refractivity contribution is 5.92. The van der Waals surface area contributed by atoms with Gasteiger partial charge in [0, 0.05) is 32.4 Å². The topological polar surface area (TPSA) is 39.3 Å². The zero-order chi connectivity index (χ0) is 13.0. The van der Waals surface area contributed by atoms with Crippen LogP contribution in [-0.2, 0) is 0 Å². The molecule has 1 aromatic rings. The van der Waals surface area contributed by atoms with Crippen molar-refractivity contribution in [3.05, 3.63) is 24.0 Å². The molecule has 1 fully saturated rings. The van der Waals surface area contributed by atoms with E-state index in [-0.39, 0.29) is 5.91 Å². The van der Waals surface area contributed by atoms with E-state index in [2.05, 4.69) is 16.9 Å². The quantitative estimate of drug-likeness (QED) is 0.866. The number of nitrogens with zero attached hydrogens (tertiary/aromatic N) is 2. The standard InChI is InChI=1S/C14H23N3O/c1-16(12-6-3-4-7-12)10-11-17(2)14(18)13-8-5-9-15-13/h5,8-9,12,15H,3-4,6-7,10-11H2,1-2H3. The summed E-state index contributed by atoms with van der Waals surface area (Å²) in [5.74, 6) is 0.0693. The van der Waals surface area contributed by atoms with Gasteiger partial charge in [0.2, 0.25) is 0 Å². The lowest BCUT2D eigenvalue weighted by Crippen LogP contribution is -2.38. The molecule has 100 valence electrons. The van der Waals surface area contributed by atoms with Crippen LogP contribution in [0.15, 0.2) is 18.3 Å². The van der Waals surface area contributed by atoms with Gasteiger partial charge in [0.05, 0.1) is 0 Å². The molecule has 0 bridgehead atoms. The molecular formula is C14H23N3O. The van der Waals surface area contributed by atoms with Crippen molar-refractivity contribution >= 4 is 5.91 Å². The van der Waals surface area contributed by atoms with Gasteiger partial charge in [-0.1, -0.05) is 12.8 Å². The molecule has 0 unspecified atom stereocenters. The molecule has 0 atom stereocenters. The number of H-pyrrole nitrogens is 1. The number of likely N-dealkylation sites (N-methyl/N-ethyl adjacent to an activating group) is 2. The van der Waals surface area contributed by atoms with Crippen molar-refractivity contribution in [1.29, 1.82) is 0 Å². The summed E-state index contributed by atoms with van der Waals surface area (Å²) in [5.41, 5.74) is 0.668. The maximum atomic E-state index is 12.0. The molecule has 1 N–H and O–H groups in total. The molecule has 1 amide bonds. The van der Waals surface area contributed by atoms with Gasteiger partial charge in [0.1, 0.15) is 5.69 Å². The van der Waals surface area contributed by atoms with E-state index in [1.54, 1.807) is 11.1 Å². The smallest absolute Gasteiger partial charge is 0.270 e. The van der Waals surface area contributed by atoms with Gasteiger partial charge in [-0.2, -0.15) is 0 Å². The molecule has 1 aliphatic carbocycles. The third-order valence-electron chi connectivity index (χ3n) is 3.91. The normalized spacial score (nSPS) is 16.4. The van der Waals surface area contributed by atoms with Crippen molar-refractivity contribution in [2.24, 2.45) is 0 Å². The van der Waals surface area contributed by atoms with Crippen molar-refractivity contribution in [2.45, 2.75) is 31.7 Å². The number of nitrogens with one attached hydrogen (secondary N) is 1. The van der Waals surface area contributed by atoms with Gasteiger partial charge in [-0.3, -0.25) is 4.79 Å². The number of rotatable bonds is 5. The third-order valence-corrected chi connectivity index (χ3v) is 3.91. The van der Waals surface area contributed by atoms with E-state index in [0.29, 0.717) is 5.69 Å². The van der Waals surface area contributed by atoms with Gasteiger partial charge >= 0.3 is 0 Å². The van der Waals surface area contributed by atoms with Crippen LogP contribution in [0.25, 0.3) is 0 Å². The first-order valence-corrected chi connectivity index (χ1v) is 6.77. The van der Waals surface area contributed by atoms with Crippen molar-refractivity contribution in [3.8, 4) is 0 Å². The van der Waals surface area contributed by atoms with Crippen molar-refractivity contribution < 1.29 is 4.79 Å². The maximum Gasteiger partial charge on any atom is 0.270 e. The Bertz CT molecular complexity index is 368. The lowest BCUT2D eigenvalue weighted by molar-refractivity contribution is 0.0769. The molecule has 0 saturated heterocycles. The lowest BCUT2D eigenvalue weighted by atomic mass is 10.2. The van der Waals surface area contributed by atoms with Gasteiger partial charge in [-0.05, 0) is 32.0 Å². The molecular weight excluding hydrogens is 226 g/mol. The molecule has 0 radical (unpaired) electrons. The molecule has 0 spiro atoms. The predicted octanol–water partition coefficient (Wildman–Crippen LogP) is 1.96. The van der Waals surface area contributed by atoms with E-state index in [1.165, 1.54) is 25.7 Å². The second-order valence-corrected chi connectivity index (χ2v) is 5.23. The van der Waals surface area contributed by atoms with E-state index in [4.69, 9.17) is 0 Å². The van der Waals surface area contributed by atoms with E-state index < -0.39 is 0 Å². The third kappa shape index (κ3) is 3.13. The number of carbonyl (C=O) groups excluding carboxylic acids is 1. The Morgan fingerprint density at radius 1 is 1.33 bits per heavy atom. The minimum absolute atomic E-state index is 0.0693. The number of carbonyl (C=O) groups is 1. The zero-order valence-corrected chi connectivity index (χ0v) is 11.4. The average molecular weight is 249 g/mol. The van der Waals surface area contributed by atoms with Crippen LogP contribution in [0.1, 0.15) is 36.2 Å². The van der Waals surface area contributed by atoms with E-state index in [0.717, 1.165) is 19.1 Å². The molecule has 1 heterocycles. The average Bonchev–Trinajstić information content (AvgIpc) is 3.05. The van der Waals surface area contributed by atoms with Crippen LogP contribution in [0.4, 0.5) is 0 Å². The molecule has 1 aliphatic rings. The fraction of sp³-hybridized carbons (Fsp3) is 0.643. The van der Waals surface area contributed by atoms with Crippen molar-refractivity contribution in [1.82, 2.24) is 14.8 Å². The number of hydrogen-bond donors (Lipinski definition) is 1. The molecule has 4 nitrogen and oxygen atoms in total. The van der Waals surface area contributed by atoms with Gasteiger partial charge in [-0.25, -0.2) is 0 Å². The summed E-state index contributed by atoms with van der Waals surface area (Å²) in [5, 5.41) is 0. The zero-order valence-electron chi connectivity index (χ0n) is 11.4. The highest BCUT2D eigenvalue weighted by Gasteiger charge is 2.20. The SMILES string of the molecule is CN(CCN(C)C1CCCC1)C(=O)c1ccc[nH]1. The summed E-state index contributed by atoms with van der Waals surface area (Å²) in [7, 11) is 4.04. The molecule has 2 rings (SSSR count). The van der Waals surface area contributed by atoms with Crippen LogP contribution in [0.2, 0.25) is 0 Å². The molecule has 0 aromatic carbocycles. The summed E-state index contributed by atoms with van der Waals surface area (Å²) in [6.07, 6.45) is 7.11. The first-order chi connectivity index (χ1) is 8.68. The number of aromatic nitrogens is 1. The first kappa shape index (κ1) is 13.1. The Kier molecular flexibility index (Phi) is 4.42. The van der Waals surface area contributed by atoms with Crippen molar-refractivity contribution in [3.63, 3.8) is 0 Å². The van der Waals surface area contributed by atoms with Gasteiger partial charge in [0.25, 0.3) is 5.91 Å². The van der Waals surface area contributed by atoms with Gasteiger partial charge in [-0.15, -0.1) is 0 Å². The lowest BCUT2D eigenvalue weighted by Gasteiger charge is -2.26. The first-order valence-electron chi connectivity index (χ1n) is 6.77. The largest absolute Gasteiger partial charge is 0.357 e. The minimum Gasteiger partial charge on any atom is -0.357 e. The monoisotopic (exact) mass is 249 g/mol. The minimum atomic E-state index is 0.0693. The Balaban J connectivity index is 1.77. The maximum absolute atomic E-state index is 12.0. The second-order valence-electron chi connectivity index (χ2n) is 5.23. The fourth-order valence-corrected chi connectivity index (χ4v) is 2.61. The molecule has 18 heavy (non-hydrogen) atoms. The molecule has 1 aromatic heterocycles. The Morgan fingerprint density at radius 2 is 2.06 bits per heavy atom. The van der Waals surface area contributed by atoms with E-state index >= 15 is 0 Å². The van der Waals surface area contributed by atoms with Crippen LogP contribution in [-0.4, -0.2) is 53.9 Å². The Hall–Kier alpha value is -1.29. The van der Waals surface area contributed by atoms with Crippen LogP contribution >= 0.6 is 0 Å². The second kappa shape index (κ2) is 6.05. The van der Waals surface area contributed by atoms with Crippen LogP contribution in [0.5, 0.6) is 0 Å². The van der Waals surface area contributed by atoms with Crippen LogP contribution in [0.3, 0.4) is 0 Å². The van der Waals surface area contributed by atoms with Gasteiger partial charge < -0.3 is 14.8 Å².